The molecule has 1 saturated heterocycles. The van der Waals surface area contributed by atoms with E-state index in [0.29, 0.717) is 6.42 Å². The summed E-state index contributed by atoms with van der Waals surface area (Å²) in [5.41, 5.74) is 0.831. The molecular formula is C11H10FNO2. The highest BCUT2D eigenvalue weighted by Gasteiger charge is 2.26. The number of hydrogen-bond donors (Lipinski definition) is 1. The van der Waals surface area contributed by atoms with E-state index in [1.165, 1.54) is 12.1 Å². The molecule has 0 spiro atoms. The van der Waals surface area contributed by atoms with Crippen LogP contribution in [0.25, 0.3) is 0 Å². The fourth-order valence-corrected chi connectivity index (χ4v) is 1.64. The summed E-state index contributed by atoms with van der Waals surface area (Å²) in [5, 5.41) is 2.59. The number of carbonyl (C=O) groups is 2. The Morgan fingerprint density at radius 1 is 1.20 bits per heavy atom. The monoisotopic (exact) mass is 207 g/mol. The zero-order valence-electron chi connectivity index (χ0n) is 8.00. The minimum atomic E-state index is -0.546. The van der Waals surface area contributed by atoms with Crippen LogP contribution in [0.1, 0.15) is 24.4 Å². The Kier molecular flexibility index (Phi) is 2.49. The Hall–Kier alpha value is -1.71. The summed E-state index contributed by atoms with van der Waals surface area (Å²) in [6, 6.07) is 5.76. The van der Waals surface area contributed by atoms with Crippen LogP contribution in [-0.4, -0.2) is 11.7 Å². The number of Topliss-reactive ketones (excluding diaryl/α,β-unsaturated/α-hetero) is 1. The van der Waals surface area contributed by atoms with E-state index in [4.69, 9.17) is 0 Å². The molecule has 15 heavy (non-hydrogen) atoms. The van der Waals surface area contributed by atoms with E-state index in [9.17, 15) is 14.0 Å². The summed E-state index contributed by atoms with van der Waals surface area (Å²) in [6.07, 6.45) is 0.837. The van der Waals surface area contributed by atoms with Gasteiger partial charge in [-0.2, -0.15) is 0 Å². The predicted octanol–water partition coefficient (Wildman–Crippen LogP) is 1.35. The van der Waals surface area contributed by atoms with Crippen LogP contribution in [0, 0.1) is 5.82 Å². The summed E-state index contributed by atoms with van der Waals surface area (Å²) >= 11 is 0. The number of carbonyl (C=O) groups excluding carboxylic acids is 2. The lowest BCUT2D eigenvalue weighted by atomic mass is 9.97. The Morgan fingerprint density at radius 3 is 2.47 bits per heavy atom. The Bertz CT molecular complexity index is 400. The SMILES string of the molecule is O=C1CCC(c2ccc(F)cc2)NC1=O. The molecule has 1 amide bonds. The molecule has 4 heteroatoms. The molecule has 3 nitrogen and oxygen atoms in total. The third-order valence-electron chi connectivity index (χ3n) is 2.49. The fourth-order valence-electron chi connectivity index (χ4n) is 1.64. The van der Waals surface area contributed by atoms with E-state index >= 15 is 0 Å². The molecule has 78 valence electrons. The first-order valence-corrected chi connectivity index (χ1v) is 4.76. The second-order valence-electron chi connectivity index (χ2n) is 3.54. The predicted molar refractivity (Wildman–Crippen MR) is 51.5 cm³/mol. The van der Waals surface area contributed by atoms with Crippen LogP contribution in [0.3, 0.4) is 0 Å². The molecule has 1 unspecified atom stereocenters. The van der Waals surface area contributed by atoms with Gasteiger partial charge in [0.2, 0.25) is 5.78 Å². The Balaban J connectivity index is 2.15. The first-order valence-electron chi connectivity index (χ1n) is 4.76. The number of benzene rings is 1. The molecule has 2 rings (SSSR count). The van der Waals surface area contributed by atoms with Crippen molar-refractivity contribution in [2.75, 3.05) is 0 Å². The number of nitrogens with one attached hydrogen (secondary N) is 1. The van der Waals surface area contributed by atoms with Gasteiger partial charge in [-0.05, 0) is 24.1 Å². The molecule has 1 atom stereocenters. The topological polar surface area (TPSA) is 46.2 Å². The highest BCUT2D eigenvalue weighted by atomic mass is 19.1. The average Bonchev–Trinajstić information content (AvgIpc) is 2.23. The molecule has 1 N–H and O–H groups in total. The van der Waals surface area contributed by atoms with Crippen molar-refractivity contribution in [1.82, 2.24) is 5.32 Å². The van der Waals surface area contributed by atoms with E-state index in [2.05, 4.69) is 5.32 Å². The van der Waals surface area contributed by atoms with E-state index < -0.39 is 5.91 Å². The first-order chi connectivity index (χ1) is 7.16. The van der Waals surface area contributed by atoms with E-state index in [1.807, 2.05) is 0 Å². The van der Waals surface area contributed by atoms with Gasteiger partial charge in [0.25, 0.3) is 5.91 Å². The lowest BCUT2D eigenvalue weighted by Gasteiger charge is -2.22. The fraction of sp³-hybridized carbons (Fsp3) is 0.273. The smallest absolute Gasteiger partial charge is 0.287 e. The van der Waals surface area contributed by atoms with Crippen molar-refractivity contribution in [2.45, 2.75) is 18.9 Å². The third-order valence-corrected chi connectivity index (χ3v) is 2.49. The number of halogens is 1. The van der Waals surface area contributed by atoms with Crippen molar-refractivity contribution in [3.63, 3.8) is 0 Å². The van der Waals surface area contributed by atoms with E-state index in [0.717, 1.165) is 5.56 Å². The van der Waals surface area contributed by atoms with Crippen LogP contribution in [0.2, 0.25) is 0 Å². The first kappa shape index (κ1) is 9.83. The van der Waals surface area contributed by atoms with Crippen molar-refractivity contribution in [2.24, 2.45) is 0 Å². The van der Waals surface area contributed by atoms with Crippen LogP contribution < -0.4 is 5.32 Å². The van der Waals surface area contributed by atoms with Crippen LogP contribution in [-0.2, 0) is 9.59 Å². The number of amides is 1. The molecule has 1 fully saturated rings. The lowest BCUT2D eigenvalue weighted by molar-refractivity contribution is -0.140. The van der Waals surface area contributed by atoms with Gasteiger partial charge in [-0.3, -0.25) is 9.59 Å². The summed E-state index contributed by atoms with van der Waals surface area (Å²) in [5.74, 6) is -1.24. The van der Waals surface area contributed by atoms with Crippen LogP contribution >= 0.6 is 0 Å². The molecule has 0 radical (unpaired) electrons. The van der Waals surface area contributed by atoms with Crippen molar-refractivity contribution in [3.8, 4) is 0 Å². The lowest BCUT2D eigenvalue weighted by Crippen LogP contribution is -2.39. The summed E-state index contributed by atoms with van der Waals surface area (Å²) in [7, 11) is 0. The van der Waals surface area contributed by atoms with Crippen molar-refractivity contribution in [1.29, 1.82) is 0 Å². The molecule has 0 bridgehead atoms. The minimum absolute atomic E-state index is 0.171. The van der Waals surface area contributed by atoms with Gasteiger partial charge >= 0.3 is 0 Å². The van der Waals surface area contributed by atoms with Crippen molar-refractivity contribution >= 4 is 11.7 Å². The average molecular weight is 207 g/mol. The van der Waals surface area contributed by atoms with Gasteiger partial charge in [0.05, 0.1) is 6.04 Å². The van der Waals surface area contributed by atoms with Gasteiger partial charge in [-0.25, -0.2) is 4.39 Å². The Morgan fingerprint density at radius 2 is 1.87 bits per heavy atom. The molecule has 1 aliphatic heterocycles. The van der Waals surface area contributed by atoms with Gasteiger partial charge in [0.15, 0.2) is 0 Å². The highest BCUT2D eigenvalue weighted by Crippen LogP contribution is 2.22. The molecular weight excluding hydrogens is 197 g/mol. The molecule has 0 aromatic heterocycles. The normalized spacial score (nSPS) is 21.3. The maximum atomic E-state index is 12.7. The molecule has 0 saturated carbocycles. The van der Waals surface area contributed by atoms with E-state index in [1.54, 1.807) is 12.1 Å². The number of hydrogen-bond acceptors (Lipinski definition) is 2. The van der Waals surface area contributed by atoms with Crippen LogP contribution in [0.15, 0.2) is 24.3 Å². The van der Waals surface area contributed by atoms with Gasteiger partial charge in [-0.1, -0.05) is 12.1 Å². The minimum Gasteiger partial charge on any atom is -0.343 e. The number of piperidine rings is 1. The quantitative estimate of drug-likeness (QED) is 0.706. The van der Waals surface area contributed by atoms with E-state index in [-0.39, 0.29) is 24.1 Å². The molecule has 1 aromatic carbocycles. The number of rotatable bonds is 1. The Labute approximate surface area is 86.3 Å². The third kappa shape index (κ3) is 2.03. The van der Waals surface area contributed by atoms with Crippen molar-refractivity contribution < 1.29 is 14.0 Å². The van der Waals surface area contributed by atoms with Crippen molar-refractivity contribution in [3.05, 3.63) is 35.6 Å². The largest absolute Gasteiger partial charge is 0.343 e. The molecule has 0 aliphatic carbocycles. The zero-order chi connectivity index (χ0) is 10.8. The maximum Gasteiger partial charge on any atom is 0.287 e. The summed E-state index contributed by atoms with van der Waals surface area (Å²) in [4.78, 5) is 22.1. The summed E-state index contributed by atoms with van der Waals surface area (Å²) in [6.45, 7) is 0. The maximum absolute atomic E-state index is 12.7. The van der Waals surface area contributed by atoms with Crippen LogP contribution in [0.4, 0.5) is 4.39 Å². The highest BCUT2D eigenvalue weighted by molar-refractivity contribution is 6.36. The van der Waals surface area contributed by atoms with Gasteiger partial charge < -0.3 is 5.32 Å². The molecule has 1 heterocycles. The molecule has 1 aromatic rings. The second kappa shape index (κ2) is 3.81. The van der Waals surface area contributed by atoms with Gasteiger partial charge in [0.1, 0.15) is 5.82 Å². The van der Waals surface area contributed by atoms with Gasteiger partial charge in [0, 0.05) is 6.42 Å². The van der Waals surface area contributed by atoms with Gasteiger partial charge in [-0.15, -0.1) is 0 Å². The molecule has 1 aliphatic rings. The number of ketones is 1. The second-order valence-corrected chi connectivity index (χ2v) is 3.54. The zero-order valence-corrected chi connectivity index (χ0v) is 8.00. The standard InChI is InChI=1S/C11H10FNO2/c12-8-3-1-7(2-4-8)9-5-6-10(14)11(15)13-9/h1-4,9H,5-6H2,(H,13,15). The van der Waals surface area contributed by atoms with Crippen LogP contribution in [0.5, 0.6) is 0 Å². The summed E-state index contributed by atoms with van der Waals surface area (Å²) < 4.78 is 12.7.